The zero-order valence-electron chi connectivity index (χ0n) is 10.4. The zero-order valence-corrected chi connectivity index (χ0v) is 10.4. The highest BCUT2D eigenvalue weighted by molar-refractivity contribution is 5.95. The SMILES string of the molecule is CCCCCCCCCOC(C(=O)O)C(=O)O. The lowest BCUT2D eigenvalue weighted by Crippen LogP contribution is -2.32. The Balaban J connectivity index is 3.43. The topological polar surface area (TPSA) is 83.8 Å². The summed E-state index contributed by atoms with van der Waals surface area (Å²) in [6, 6.07) is 0. The van der Waals surface area contributed by atoms with E-state index in [9.17, 15) is 9.59 Å². The predicted molar refractivity (Wildman–Crippen MR) is 63.0 cm³/mol. The first-order chi connectivity index (χ1) is 8.09. The zero-order chi connectivity index (χ0) is 13.1. The number of unbranched alkanes of at least 4 members (excludes halogenated alkanes) is 6. The third-order valence-corrected chi connectivity index (χ3v) is 2.48. The molecule has 5 nitrogen and oxygen atoms in total. The average Bonchev–Trinajstić information content (AvgIpc) is 2.26. The lowest BCUT2D eigenvalue weighted by Gasteiger charge is -2.08. The molecule has 0 rings (SSSR count). The van der Waals surface area contributed by atoms with E-state index in [1.807, 2.05) is 0 Å². The van der Waals surface area contributed by atoms with Crippen LogP contribution in [-0.2, 0) is 14.3 Å². The van der Waals surface area contributed by atoms with Crippen LogP contribution in [0.2, 0.25) is 0 Å². The molecule has 0 aliphatic carbocycles. The monoisotopic (exact) mass is 246 g/mol. The van der Waals surface area contributed by atoms with Crippen LogP contribution in [0.25, 0.3) is 0 Å². The van der Waals surface area contributed by atoms with Gasteiger partial charge in [-0.3, -0.25) is 0 Å². The number of aliphatic carboxylic acids is 2. The second-order valence-corrected chi connectivity index (χ2v) is 4.05. The van der Waals surface area contributed by atoms with Crippen LogP contribution in [-0.4, -0.2) is 34.9 Å². The van der Waals surface area contributed by atoms with E-state index in [2.05, 4.69) is 6.92 Å². The Labute approximate surface area is 102 Å². The summed E-state index contributed by atoms with van der Waals surface area (Å²) in [5.74, 6) is -2.89. The first-order valence-corrected chi connectivity index (χ1v) is 6.16. The fourth-order valence-electron chi connectivity index (χ4n) is 1.51. The molecule has 100 valence electrons. The maximum atomic E-state index is 10.5. The maximum absolute atomic E-state index is 10.5. The summed E-state index contributed by atoms with van der Waals surface area (Å²) < 4.78 is 4.79. The molecule has 0 fully saturated rings. The second-order valence-electron chi connectivity index (χ2n) is 4.05. The Morgan fingerprint density at radius 3 is 1.88 bits per heavy atom. The number of carboxylic acid groups (broad SMARTS) is 2. The predicted octanol–water partition coefficient (Wildman–Crippen LogP) is 2.29. The Bertz CT molecular complexity index is 213. The van der Waals surface area contributed by atoms with E-state index in [4.69, 9.17) is 14.9 Å². The Kier molecular flexibility index (Phi) is 9.43. The van der Waals surface area contributed by atoms with Gasteiger partial charge >= 0.3 is 11.9 Å². The molecule has 5 heteroatoms. The molecule has 0 aromatic carbocycles. The van der Waals surface area contributed by atoms with E-state index in [1.54, 1.807) is 0 Å². The van der Waals surface area contributed by atoms with Crippen LogP contribution in [0.3, 0.4) is 0 Å². The van der Waals surface area contributed by atoms with Crippen LogP contribution in [0.1, 0.15) is 51.9 Å². The summed E-state index contributed by atoms with van der Waals surface area (Å²) in [5, 5.41) is 17.1. The molecule has 0 radical (unpaired) electrons. The van der Waals surface area contributed by atoms with Gasteiger partial charge in [0, 0.05) is 6.61 Å². The van der Waals surface area contributed by atoms with E-state index in [-0.39, 0.29) is 6.61 Å². The highest BCUT2D eigenvalue weighted by Gasteiger charge is 2.25. The molecule has 0 atom stereocenters. The van der Waals surface area contributed by atoms with Crippen molar-refractivity contribution in [1.29, 1.82) is 0 Å². The fraction of sp³-hybridized carbons (Fsp3) is 0.833. The summed E-state index contributed by atoms with van der Waals surface area (Å²) in [6.07, 6.45) is 5.89. The first kappa shape index (κ1) is 15.9. The Morgan fingerprint density at radius 2 is 1.41 bits per heavy atom. The third kappa shape index (κ3) is 8.68. The van der Waals surface area contributed by atoms with Crippen molar-refractivity contribution in [2.75, 3.05) is 6.61 Å². The van der Waals surface area contributed by atoms with Gasteiger partial charge in [-0.05, 0) is 6.42 Å². The number of carbonyl (C=O) groups is 2. The van der Waals surface area contributed by atoms with Gasteiger partial charge in [0.1, 0.15) is 0 Å². The summed E-state index contributed by atoms with van der Waals surface area (Å²) in [6.45, 7) is 2.35. The van der Waals surface area contributed by atoms with E-state index >= 15 is 0 Å². The van der Waals surface area contributed by atoms with Gasteiger partial charge in [-0.2, -0.15) is 0 Å². The van der Waals surface area contributed by atoms with Crippen molar-refractivity contribution in [3.05, 3.63) is 0 Å². The van der Waals surface area contributed by atoms with Gasteiger partial charge in [-0.15, -0.1) is 0 Å². The molecular formula is C12H22O5. The number of carboxylic acids is 2. The van der Waals surface area contributed by atoms with E-state index in [0.29, 0.717) is 6.42 Å². The van der Waals surface area contributed by atoms with Crippen molar-refractivity contribution in [2.24, 2.45) is 0 Å². The number of ether oxygens (including phenoxy) is 1. The maximum Gasteiger partial charge on any atom is 0.344 e. The first-order valence-electron chi connectivity index (χ1n) is 6.16. The number of hydrogen-bond donors (Lipinski definition) is 2. The molecule has 0 saturated carbocycles. The summed E-state index contributed by atoms with van der Waals surface area (Å²) >= 11 is 0. The molecule has 0 saturated heterocycles. The molecule has 0 unspecified atom stereocenters. The summed E-state index contributed by atoms with van der Waals surface area (Å²) in [4.78, 5) is 20.9. The minimum atomic E-state index is -1.73. The molecule has 0 aliphatic rings. The van der Waals surface area contributed by atoms with Crippen molar-refractivity contribution in [1.82, 2.24) is 0 Å². The van der Waals surface area contributed by atoms with Gasteiger partial charge in [0.25, 0.3) is 6.10 Å². The normalized spacial score (nSPS) is 10.7. The molecule has 17 heavy (non-hydrogen) atoms. The van der Waals surface area contributed by atoms with Gasteiger partial charge in [0.05, 0.1) is 0 Å². The van der Waals surface area contributed by atoms with E-state index < -0.39 is 18.0 Å². The molecule has 0 amide bonds. The van der Waals surface area contributed by atoms with Crippen LogP contribution in [0.4, 0.5) is 0 Å². The van der Waals surface area contributed by atoms with Crippen molar-refractivity contribution in [3.63, 3.8) is 0 Å². The number of hydrogen-bond acceptors (Lipinski definition) is 3. The van der Waals surface area contributed by atoms with Gasteiger partial charge < -0.3 is 14.9 Å². The van der Waals surface area contributed by atoms with Crippen LogP contribution in [0.5, 0.6) is 0 Å². The quantitative estimate of drug-likeness (QED) is 0.431. The van der Waals surface area contributed by atoms with Crippen molar-refractivity contribution >= 4 is 11.9 Å². The van der Waals surface area contributed by atoms with Crippen molar-refractivity contribution in [2.45, 2.75) is 58.0 Å². The molecular weight excluding hydrogens is 224 g/mol. The van der Waals surface area contributed by atoms with Crippen molar-refractivity contribution in [3.8, 4) is 0 Å². The molecule has 0 aromatic heterocycles. The van der Waals surface area contributed by atoms with E-state index in [1.165, 1.54) is 25.7 Å². The smallest absolute Gasteiger partial charge is 0.344 e. The molecule has 0 bridgehead atoms. The van der Waals surface area contributed by atoms with Gasteiger partial charge in [-0.25, -0.2) is 9.59 Å². The van der Waals surface area contributed by atoms with Gasteiger partial charge in [0.2, 0.25) is 0 Å². The lowest BCUT2D eigenvalue weighted by molar-refractivity contribution is -0.165. The van der Waals surface area contributed by atoms with Crippen LogP contribution >= 0.6 is 0 Å². The molecule has 0 spiro atoms. The van der Waals surface area contributed by atoms with Gasteiger partial charge in [-0.1, -0.05) is 45.4 Å². The fourth-order valence-corrected chi connectivity index (χ4v) is 1.51. The highest BCUT2D eigenvalue weighted by atomic mass is 16.5. The summed E-state index contributed by atoms with van der Waals surface area (Å²) in [7, 11) is 0. The minimum Gasteiger partial charge on any atom is -0.479 e. The standard InChI is InChI=1S/C12H22O5/c1-2-3-4-5-6-7-8-9-17-10(11(13)14)12(15)16/h10H,2-9H2,1H3,(H,13,14)(H,15,16). The largest absolute Gasteiger partial charge is 0.479 e. The molecule has 0 aliphatic heterocycles. The highest BCUT2D eigenvalue weighted by Crippen LogP contribution is 2.07. The molecule has 2 N–H and O–H groups in total. The molecule has 0 aromatic rings. The van der Waals surface area contributed by atoms with E-state index in [0.717, 1.165) is 12.8 Å². The third-order valence-electron chi connectivity index (χ3n) is 2.48. The minimum absolute atomic E-state index is 0.192. The second kappa shape index (κ2) is 10.1. The van der Waals surface area contributed by atoms with Crippen LogP contribution in [0.15, 0.2) is 0 Å². The Morgan fingerprint density at radius 1 is 0.941 bits per heavy atom. The van der Waals surface area contributed by atoms with Crippen LogP contribution in [0, 0.1) is 0 Å². The lowest BCUT2D eigenvalue weighted by atomic mass is 10.1. The Hall–Kier alpha value is -1.10. The van der Waals surface area contributed by atoms with Crippen LogP contribution < -0.4 is 0 Å². The number of rotatable bonds is 11. The molecule has 0 heterocycles. The average molecular weight is 246 g/mol. The van der Waals surface area contributed by atoms with Gasteiger partial charge in [0.15, 0.2) is 0 Å². The van der Waals surface area contributed by atoms with Crippen molar-refractivity contribution < 1.29 is 24.5 Å². The summed E-state index contributed by atoms with van der Waals surface area (Å²) in [5.41, 5.74) is 0.